The number of nitrogens with one attached hydrogen (secondary N) is 1. The quantitative estimate of drug-likeness (QED) is 0.925. The second kappa shape index (κ2) is 6.65. The second-order valence-electron chi connectivity index (χ2n) is 5.62. The van der Waals surface area contributed by atoms with Crippen LogP contribution in [0.2, 0.25) is 0 Å². The van der Waals surface area contributed by atoms with Crippen LogP contribution in [0.25, 0.3) is 0 Å². The summed E-state index contributed by atoms with van der Waals surface area (Å²) in [4.78, 5) is 1.10. The zero-order valence-corrected chi connectivity index (χ0v) is 13.1. The molecule has 2 aliphatic rings. The van der Waals surface area contributed by atoms with E-state index in [9.17, 15) is 4.39 Å². The average molecular weight is 311 g/mol. The van der Waals surface area contributed by atoms with E-state index in [1.165, 1.54) is 12.1 Å². The molecule has 1 spiro atoms. The molecule has 1 aliphatic carbocycles. The number of rotatable bonds is 4. The largest absolute Gasteiger partial charge is 0.347 e. The standard InChI is InChI=1S/C16H22FNO2S/c1-2-18-14-7-8-16(19-9-10-20-16)11-15(14)21-13-5-3-12(17)4-6-13/h3-6,14-15,18H,2,7-11H2,1H3. The smallest absolute Gasteiger partial charge is 0.169 e. The predicted octanol–water partition coefficient (Wildman–Crippen LogP) is 3.19. The van der Waals surface area contributed by atoms with Crippen LogP contribution in [0.1, 0.15) is 26.2 Å². The molecule has 1 saturated heterocycles. The van der Waals surface area contributed by atoms with E-state index >= 15 is 0 Å². The second-order valence-corrected chi connectivity index (χ2v) is 6.94. The highest BCUT2D eigenvalue weighted by Gasteiger charge is 2.45. The van der Waals surface area contributed by atoms with Gasteiger partial charge in [0.25, 0.3) is 0 Å². The minimum absolute atomic E-state index is 0.190. The summed E-state index contributed by atoms with van der Waals surface area (Å²) in [5, 5.41) is 3.94. The molecule has 0 aromatic heterocycles. The number of thioether (sulfide) groups is 1. The lowest BCUT2D eigenvalue weighted by molar-refractivity contribution is -0.178. The van der Waals surface area contributed by atoms with E-state index in [2.05, 4.69) is 12.2 Å². The van der Waals surface area contributed by atoms with Crippen molar-refractivity contribution in [3.05, 3.63) is 30.1 Å². The van der Waals surface area contributed by atoms with Gasteiger partial charge in [0.15, 0.2) is 5.79 Å². The third-order valence-electron chi connectivity index (χ3n) is 4.18. The summed E-state index contributed by atoms with van der Waals surface area (Å²) >= 11 is 1.79. The van der Waals surface area contributed by atoms with E-state index in [0.717, 1.165) is 30.7 Å². The van der Waals surface area contributed by atoms with Gasteiger partial charge in [0.2, 0.25) is 0 Å². The maximum Gasteiger partial charge on any atom is 0.169 e. The van der Waals surface area contributed by atoms with Crippen LogP contribution in [0.5, 0.6) is 0 Å². The molecule has 1 N–H and O–H groups in total. The van der Waals surface area contributed by atoms with Crippen molar-refractivity contribution in [3.8, 4) is 0 Å². The third kappa shape index (κ3) is 3.59. The van der Waals surface area contributed by atoms with Gasteiger partial charge in [-0.2, -0.15) is 0 Å². The van der Waals surface area contributed by atoms with E-state index in [-0.39, 0.29) is 11.6 Å². The Kier molecular flexibility index (Phi) is 4.84. The molecule has 0 bridgehead atoms. The van der Waals surface area contributed by atoms with Gasteiger partial charge >= 0.3 is 0 Å². The van der Waals surface area contributed by atoms with E-state index in [1.807, 2.05) is 12.1 Å². The molecule has 0 radical (unpaired) electrons. The van der Waals surface area contributed by atoms with Gasteiger partial charge in [0, 0.05) is 29.0 Å². The van der Waals surface area contributed by atoms with Crippen molar-refractivity contribution in [1.29, 1.82) is 0 Å². The Morgan fingerprint density at radius 2 is 2.00 bits per heavy atom. The van der Waals surface area contributed by atoms with Crippen LogP contribution in [-0.2, 0) is 9.47 Å². The zero-order valence-electron chi connectivity index (χ0n) is 12.3. The first-order chi connectivity index (χ1) is 10.2. The van der Waals surface area contributed by atoms with Crippen LogP contribution in [0.4, 0.5) is 4.39 Å². The van der Waals surface area contributed by atoms with Crippen molar-refractivity contribution in [3.63, 3.8) is 0 Å². The van der Waals surface area contributed by atoms with Gasteiger partial charge < -0.3 is 14.8 Å². The van der Waals surface area contributed by atoms with Crippen molar-refractivity contribution in [2.75, 3.05) is 19.8 Å². The van der Waals surface area contributed by atoms with Gasteiger partial charge in [-0.15, -0.1) is 11.8 Å². The Balaban J connectivity index is 1.72. The van der Waals surface area contributed by atoms with Crippen LogP contribution in [0, 0.1) is 5.82 Å². The zero-order chi connectivity index (χ0) is 14.7. The molecule has 21 heavy (non-hydrogen) atoms. The number of benzene rings is 1. The molecule has 2 atom stereocenters. The van der Waals surface area contributed by atoms with E-state index in [1.54, 1.807) is 11.8 Å². The molecular weight excluding hydrogens is 289 g/mol. The average Bonchev–Trinajstić information content (AvgIpc) is 2.93. The van der Waals surface area contributed by atoms with Gasteiger partial charge in [-0.1, -0.05) is 6.92 Å². The highest BCUT2D eigenvalue weighted by Crippen LogP contribution is 2.42. The molecule has 1 heterocycles. The number of halogens is 1. The number of ether oxygens (including phenoxy) is 2. The summed E-state index contributed by atoms with van der Waals surface area (Å²) in [6.07, 6.45) is 2.88. The van der Waals surface area contributed by atoms with Crippen molar-refractivity contribution >= 4 is 11.8 Å². The fourth-order valence-corrected chi connectivity index (χ4v) is 4.56. The first-order valence-electron chi connectivity index (χ1n) is 7.64. The molecule has 5 heteroatoms. The van der Waals surface area contributed by atoms with E-state index < -0.39 is 0 Å². The Bertz CT molecular complexity index is 462. The Morgan fingerprint density at radius 1 is 1.29 bits per heavy atom. The Labute approximate surface area is 129 Å². The van der Waals surface area contributed by atoms with Gasteiger partial charge in [0.05, 0.1) is 13.2 Å². The number of hydrogen-bond donors (Lipinski definition) is 1. The fourth-order valence-electron chi connectivity index (χ4n) is 3.18. The topological polar surface area (TPSA) is 30.5 Å². The first-order valence-corrected chi connectivity index (χ1v) is 8.52. The Morgan fingerprint density at radius 3 is 2.67 bits per heavy atom. The predicted molar refractivity (Wildman–Crippen MR) is 82.0 cm³/mol. The maximum absolute atomic E-state index is 13.0. The van der Waals surface area contributed by atoms with Crippen molar-refractivity contribution in [2.24, 2.45) is 0 Å². The molecular formula is C16H22FNO2S. The normalized spacial score (nSPS) is 28.1. The molecule has 1 aliphatic heterocycles. The third-order valence-corrected chi connectivity index (χ3v) is 5.52. The minimum Gasteiger partial charge on any atom is -0.347 e. The first kappa shape index (κ1) is 15.3. The van der Waals surface area contributed by atoms with Crippen LogP contribution >= 0.6 is 11.8 Å². The summed E-state index contributed by atoms with van der Waals surface area (Å²) in [6.45, 7) is 4.48. The lowest BCUT2D eigenvalue weighted by Gasteiger charge is -2.41. The number of hydrogen-bond acceptors (Lipinski definition) is 4. The minimum atomic E-state index is -0.385. The highest BCUT2D eigenvalue weighted by molar-refractivity contribution is 8.00. The lowest BCUT2D eigenvalue weighted by Crippen LogP contribution is -2.49. The van der Waals surface area contributed by atoms with Crippen LogP contribution in [-0.4, -0.2) is 36.8 Å². The fraction of sp³-hybridized carbons (Fsp3) is 0.625. The molecule has 3 nitrogen and oxygen atoms in total. The van der Waals surface area contributed by atoms with Crippen LogP contribution in [0.15, 0.2) is 29.2 Å². The van der Waals surface area contributed by atoms with Crippen molar-refractivity contribution < 1.29 is 13.9 Å². The summed E-state index contributed by atoms with van der Waals surface area (Å²) in [5.41, 5.74) is 0. The molecule has 2 fully saturated rings. The maximum atomic E-state index is 13.0. The van der Waals surface area contributed by atoms with Gasteiger partial charge in [0.1, 0.15) is 5.82 Å². The van der Waals surface area contributed by atoms with Crippen molar-refractivity contribution in [1.82, 2.24) is 5.32 Å². The highest BCUT2D eigenvalue weighted by atomic mass is 32.2. The summed E-state index contributed by atoms with van der Waals surface area (Å²) < 4.78 is 24.8. The monoisotopic (exact) mass is 311 g/mol. The molecule has 0 amide bonds. The summed E-state index contributed by atoms with van der Waals surface area (Å²) in [6, 6.07) is 7.18. The van der Waals surface area contributed by atoms with Crippen molar-refractivity contribution in [2.45, 2.75) is 48.2 Å². The van der Waals surface area contributed by atoms with Crippen LogP contribution < -0.4 is 5.32 Å². The summed E-state index contributed by atoms with van der Waals surface area (Å²) in [5.74, 6) is -0.575. The molecule has 3 rings (SSSR count). The van der Waals surface area contributed by atoms with E-state index in [4.69, 9.17) is 9.47 Å². The Hall–Kier alpha value is -0.620. The van der Waals surface area contributed by atoms with Gasteiger partial charge in [-0.05, 0) is 37.2 Å². The van der Waals surface area contributed by atoms with Crippen LogP contribution in [0.3, 0.4) is 0 Å². The molecule has 1 aromatic carbocycles. The van der Waals surface area contributed by atoms with Gasteiger partial charge in [-0.3, -0.25) is 0 Å². The SMILES string of the molecule is CCNC1CCC2(CC1Sc1ccc(F)cc1)OCCO2. The summed E-state index contributed by atoms with van der Waals surface area (Å²) in [7, 11) is 0. The molecule has 1 saturated carbocycles. The lowest BCUT2D eigenvalue weighted by atomic mass is 9.89. The molecule has 1 aromatic rings. The molecule has 2 unspecified atom stereocenters. The van der Waals surface area contributed by atoms with Gasteiger partial charge in [-0.25, -0.2) is 4.39 Å². The van der Waals surface area contributed by atoms with E-state index in [0.29, 0.717) is 24.5 Å². The molecule has 116 valence electrons.